The quantitative estimate of drug-likeness (QED) is 0.192. The second kappa shape index (κ2) is 11.1. The Bertz CT molecular complexity index is 1790. The van der Waals surface area contributed by atoms with E-state index in [9.17, 15) is 27.2 Å². The highest BCUT2D eigenvalue weighted by molar-refractivity contribution is 6.31. The Balaban J connectivity index is 1.52. The highest BCUT2D eigenvalue weighted by Crippen LogP contribution is 2.39. The number of fused-ring (bicyclic) bond motifs is 1. The summed E-state index contributed by atoms with van der Waals surface area (Å²) in [4.78, 5) is 38.2. The lowest BCUT2D eigenvalue weighted by molar-refractivity contribution is -0.137. The molecular formula is C27H19ClF4N6O4. The van der Waals surface area contributed by atoms with Crippen molar-refractivity contribution in [3.8, 4) is 0 Å². The fourth-order valence-electron chi connectivity index (χ4n) is 4.16. The van der Waals surface area contributed by atoms with E-state index in [1.54, 1.807) is 0 Å². The van der Waals surface area contributed by atoms with E-state index < -0.39 is 35.5 Å². The number of aromatic nitrogens is 2. The number of amides is 1. The molecule has 2 aromatic heterocycles. The molecule has 216 valence electrons. The van der Waals surface area contributed by atoms with Crippen molar-refractivity contribution in [3.63, 3.8) is 0 Å². The first-order valence-electron chi connectivity index (χ1n) is 12.0. The predicted molar refractivity (Wildman–Crippen MR) is 144 cm³/mol. The zero-order valence-electron chi connectivity index (χ0n) is 21.6. The number of anilines is 2. The Labute approximate surface area is 239 Å². The van der Waals surface area contributed by atoms with Gasteiger partial charge in [-0.25, -0.2) is 19.2 Å². The topological polar surface area (TPSA) is 131 Å². The number of esters is 1. The highest BCUT2D eigenvalue weighted by atomic mass is 35.5. The summed E-state index contributed by atoms with van der Waals surface area (Å²) in [5.74, 6) is -1.89. The van der Waals surface area contributed by atoms with Crippen molar-refractivity contribution < 1.29 is 36.3 Å². The largest absolute Gasteiger partial charge is 0.465 e. The van der Waals surface area contributed by atoms with Crippen molar-refractivity contribution in [1.82, 2.24) is 15.3 Å². The zero-order chi connectivity index (χ0) is 30.2. The van der Waals surface area contributed by atoms with Gasteiger partial charge in [0.05, 0.1) is 23.8 Å². The van der Waals surface area contributed by atoms with Gasteiger partial charge in [0.15, 0.2) is 5.58 Å². The Morgan fingerprint density at radius 3 is 2.62 bits per heavy atom. The van der Waals surface area contributed by atoms with Gasteiger partial charge in [-0.2, -0.15) is 18.2 Å². The molecule has 1 unspecified atom stereocenters. The number of oxazole rings is 1. The van der Waals surface area contributed by atoms with Crippen LogP contribution >= 0.6 is 11.6 Å². The van der Waals surface area contributed by atoms with Gasteiger partial charge >= 0.3 is 18.2 Å². The first-order valence-corrected chi connectivity index (χ1v) is 12.4. The molecule has 42 heavy (non-hydrogen) atoms. The van der Waals surface area contributed by atoms with Crippen LogP contribution in [-0.2, 0) is 15.7 Å². The summed E-state index contributed by atoms with van der Waals surface area (Å²) in [5, 5.41) is 7.97. The van der Waals surface area contributed by atoms with Gasteiger partial charge in [-0.15, -0.1) is 0 Å². The molecule has 0 spiro atoms. The molecule has 0 radical (unpaired) electrons. The van der Waals surface area contributed by atoms with E-state index in [2.05, 4.69) is 35.6 Å². The standard InChI is InChI=1S/C27H19ClF4N6O4/c1-12-21(23(39)36-20-9-13(7-8-33-20)24(40)41-2)22(16-5-3-14(10-17(16)28)27(30,31)32)37-25(34-12)38-26-35-18-6-4-15(29)11-19(18)42-26/h3-11,22H,1-2H3,(H,33,36,39)(H2,34,35,37,38). The van der Waals surface area contributed by atoms with Gasteiger partial charge in [0.1, 0.15) is 23.2 Å². The van der Waals surface area contributed by atoms with Crippen molar-refractivity contribution in [2.24, 2.45) is 4.99 Å². The first-order chi connectivity index (χ1) is 19.9. The number of allylic oxidation sites excluding steroid dienone is 1. The molecule has 2 aromatic carbocycles. The molecule has 5 rings (SSSR count). The van der Waals surface area contributed by atoms with Gasteiger partial charge in [-0.1, -0.05) is 17.7 Å². The third-order valence-corrected chi connectivity index (χ3v) is 6.43. The number of ether oxygens (including phenoxy) is 1. The number of guanidine groups is 1. The molecule has 0 fully saturated rings. The lowest BCUT2D eigenvalue weighted by Gasteiger charge is -2.27. The third kappa shape index (κ3) is 5.88. The molecule has 4 aromatic rings. The summed E-state index contributed by atoms with van der Waals surface area (Å²) < 4.78 is 63.8. The molecule has 1 aliphatic rings. The lowest BCUT2D eigenvalue weighted by Crippen LogP contribution is -2.37. The van der Waals surface area contributed by atoms with E-state index in [0.717, 1.165) is 24.3 Å². The maximum Gasteiger partial charge on any atom is 0.416 e. The molecule has 15 heteroatoms. The van der Waals surface area contributed by atoms with Crippen LogP contribution in [0, 0.1) is 5.82 Å². The summed E-state index contributed by atoms with van der Waals surface area (Å²) in [6.45, 7) is 1.54. The SMILES string of the molecule is COC(=O)c1ccnc(NC(=O)C2=C(C)NC(Nc3nc4ccc(F)cc4o3)=NC2c2ccc(C(F)(F)F)cc2Cl)c1. The van der Waals surface area contributed by atoms with Gasteiger partial charge < -0.3 is 19.8 Å². The number of carbonyl (C=O) groups excluding carboxylic acids is 2. The van der Waals surface area contributed by atoms with E-state index in [1.165, 1.54) is 44.5 Å². The van der Waals surface area contributed by atoms with Crippen molar-refractivity contribution in [1.29, 1.82) is 0 Å². The van der Waals surface area contributed by atoms with Crippen LogP contribution in [0.4, 0.5) is 29.4 Å². The summed E-state index contributed by atoms with van der Waals surface area (Å²) >= 11 is 6.30. The number of pyridine rings is 1. The summed E-state index contributed by atoms with van der Waals surface area (Å²) in [5.41, 5.74) is -0.0192. The number of alkyl halides is 3. The minimum Gasteiger partial charge on any atom is -0.465 e. The Morgan fingerprint density at radius 2 is 1.90 bits per heavy atom. The van der Waals surface area contributed by atoms with Crippen LogP contribution in [-0.4, -0.2) is 34.9 Å². The smallest absolute Gasteiger partial charge is 0.416 e. The van der Waals surface area contributed by atoms with Gasteiger partial charge in [0, 0.05) is 28.5 Å². The van der Waals surface area contributed by atoms with Crippen LogP contribution in [0.15, 0.2) is 75.4 Å². The maximum absolute atomic E-state index is 13.6. The summed E-state index contributed by atoms with van der Waals surface area (Å²) in [7, 11) is 1.20. The number of halogens is 5. The predicted octanol–water partition coefficient (Wildman–Crippen LogP) is 5.85. The molecule has 0 saturated heterocycles. The number of nitrogens with one attached hydrogen (secondary N) is 3. The molecule has 0 aliphatic carbocycles. The molecule has 1 atom stereocenters. The molecular weight excluding hydrogens is 584 g/mol. The van der Waals surface area contributed by atoms with Crippen molar-refractivity contribution in [2.75, 3.05) is 17.7 Å². The number of benzene rings is 2. The van der Waals surface area contributed by atoms with E-state index in [1.807, 2.05) is 0 Å². The average Bonchev–Trinajstić information content (AvgIpc) is 3.32. The van der Waals surface area contributed by atoms with Crippen LogP contribution in [0.3, 0.4) is 0 Å². The van der Waals surface area contributed by atoms with Crippen LogP contribution in [0.25, 0.3) is 11.1 Å². The average molecular weight is 603 g/mol. The number of hydrogen-bond acceptors (Lipinski definition) is 9. The number of methoxy groups -OCH3 is 1. The first kappa shape index (κ1) is 28.5. The van der Waals surface area contributed by atoms with Crippen LogP contribution < -0.4 is 16.0 Å². The number of aliphatic imine (C=N–C) groups is 1. The molecule has 3 N–H and O–H groups in total. The number of nitrogens with zero attached hydrogens (tertiary/aromatic N) is 3. The molecule has 0 saturated carbocycles. The minimum atomic E-state index is -4.65. The van der Waals surface area contributed by atoms with Crippen molar-refractivity contribution in [2.45, 2.75) is 19.1 Å². The maximum atomic E-state index is 13.6. The number of hydrogen-bond donors (Lipinski definition) is 3. The van der Waals surface area contributed by atoms with E-state index in [-0.39, 0.29) is 50.8 Å². The monoisotopic (exact) mass is 602 g/mol. The van der Waals surface area contributed by atoms with Crippen LogP contribution in [0.5, 0.6) is 0 Å². The van der Waals surface area contributed by atoms with Crippen LogP contribution in [0.2, 0.25) is 5.02 Å². The Morgan fingerprint density at radius 1 is 1.12 bits per heavy atom. The van der Waals surface area contributed by atoms with Crippen molar-refractivity contribution >= 4 is 52.4 Å². The molecule has 0 bridgehead atoms. The normalized spacial score (nSPS) is 15.2. The highest BCUT2D eigenvalue weighted by Gasteiger charge is 2.35. The van der Waals surface area contributed by atoms with Gasteiger partial charge in [0.25, 0.3) is 5.91 Å². The summed E-state index contributed by atoms with van der Waals surface area (Å²) in [6.07, 6.45) is -3.36. The fourth-order valence-corrected chi connectivity index (χ4v) is 4.45. The lowest BCUT2D eigenvalue weighted by atomic mass is 9.94. The summed E-state index contributed by atoms with van der Waals surface area (Å²) in [6, 6.07) is 7.86. The number of rotatable bonds is 5. The van der Waals surface area contributed by atoms with Crippen molar-refractivity contribution in [3.05, 3.63) is 93.5 Å². The molecule has 1 amide bonds. The van der Waals surface area contributed by atoms with Gasteiger partial charge in [-0.3, -0.25) is 10.1 Å². The zero-order valence-corrected chi connectivity index (χ0v) is 22.4. The van der Waals surface area contributed by atoms with Gasteiger partial charge in [0.2, 0.25) is 5.96 Å². The fraction of sp³-hybridized carbons (Fsp3) is 0.148. The second-order valence-electron chi connectivity index (χ2n) is 8.91. The molecule has 1 aliphatic heterocycles. The van der Waals surface area contributed by atoms with Crippen LogP contribution in [0.1, 0.15) is 34.5 Å². The van der Waals surface area contributed by atoms with E-state index >= 15 is 0 Å². The second-order valence-corrected chi connectivity index (χ2v) is 9.32. The Hall–Kier alpha value is -4.98. The minimum absolute atomic E-state index is 0.00655. The molecule has 3 heterocycles. The van der Waals surface area contributed by atoms with E-state index in [0.29, 0.717) is 5.52 Å². The Kier molecular flexibility index (Phi) is 7.56. The van der Waals surface area contributed by atoms with E-state index in [4.69, 9.17) is 16.0 Å². The third-order valence-electron chi connectivity index (χ3n) is 6.11. The van der Waals surface area contributed by atoms with Gasteiger partial charge in [-0.05, 0) is 43.3 Å². The molecule has 10 nitrogen and oxygen atoms in total. The number of carbonyl (C=O) groups is 2.